The van der Waals surface area contributed by atoms with Crippen LogP contribution in [0.3, 0.4) is 0 Å². The number of carbonyl (C=O) groups is 1. The minimum Gasteiger partial charge on any atom is -0.337 e. The van der Waals surface area contributed by atoms with Crippen molar-refractivity contribution in [2.45, 2.75) is 39.1 Å². The highest BCUT2D eigenvalue weighted by Gasteiger charge is 2.17. The summed E-state index contributed by atoms with van der Waals surface area (Å²) < 4.78 is 27.6. The summed E-state index contributed by atoms with van der Waals surface area (Å²) in [6.07, 6.45) is 0. The highest BCUT2D eigenvalue weighted by molar-refractivity contribution is 7.89. The van der Waals surface area contributed by atoms with Gasteiger partial charge in [0.1, 0.15) is 0 Å². The van der Waals surface area contributed by atoms with Crippen LogP contribution in [0.1, 0.15) is 29.2 Å². The fourth-order valence-electron chi connectivity index (χ4n) is 2.87. The summed E-state index contributed by atoms with van der Waals surface area (Å²) in [4.78, 5) is 13.8. The highest BCUT2D eigenvalue weighted by atomic mass is 32.2. The zero-order valence-corrected chi connectivity index (χ0v) is 16.6. The van der Waals surface area contributed by atoms with Crippen LogP contribution in [0.5, 0.6) is 0 Å². The van der Waals surface area contributed by atoms with Crippen LogP contribution in [0, 0.1) is 20.8 Å². The molecule has 0 aliphatic carbocycles. The van der Waals surface area contributed by atoms with Gasteiger partial charge >= 0.3 is 0 Å². The summed E-state index contributed by atoms with van der Waals surface area (Å²) >= 11 is 0. The van der Waals surface area contributed by atoms with E-state index in [1.54, 1.807) is 24.0 Å². The first-order valence-electron chi connectivity index (χ1n) is 8.57. The Morgan fingerprint density at radius 2 is 1.73 bits per heavy atom. The monoisotopic (exact) mass is 374 g/mol. The standard InChI is InChI=1S/C20H26N2O3S/c1-15-6-5-7-19(13-15)14-22(18(4)23)11-10-21-26(24,25)20-9-8-16(2)12-17(20)3/h5-9,12-13,21H,10-11,14H2,1-4H3. The number of hydrogen-bond donors (Lipinski definition) is 1. The molecular weight excluding hydrogens is 348 g/mol. The average molecular weight is 375 g/mol. The lowest BCUT2D eigenvalue weighted by atomic mass is 10.1. The summed E-state index contributed by atoms with van der Waals surface area (Å²) in [7, 11) is -3.60. The maximum absolute atomic E-state index is 12.5. The average Bonchev–Trinajstić information content (AvgIpc) is 2.53. The second-order valence-corrected chi connectivity index (χ2v) is 8.33. The van der Waals surface area contributed by atoms with Crippen LogP contribution in [0.25, 0.3) is 0 Å². The first-order valence-corrected chi connectivity index (χ1v) is 10.1. The maximum Gasteiger partial charge on any atom is 0.240 e. The summed E-state index contributed by atoms with van der Waals surface area (Å²) in [5.74, 6) is -0.0859. The molecule has 2 rings (SSSR count). The normalized spacial score (nSPS) is 11.4. The molecule has 0 heterocycles. The largest absolute Gasteiger partial charge is 0.337 e. The van der Waals surface area contributed by atoms with Gasteiger partial charge < -0.3 is 4.90 Å². The van der Waals surface area contributed by atoms with Gasteiger partial charge in [-0.3, -0.25) is 4.79 Å². The van der Waals surface area contributed by atoms with Crippen LogP contribution in [0.2, 0.25) is 0 Å². The molecule has 0 aliphatic heterocycles. The third-order valence-corrected chi connectivity index (χ3v) is 5.82. The summed E-state index contributed by atoms with van der Waals surface area (Å²) in [5.41, 5.74) is 3.88. The molecule has 5 nitrogen and oxygen atoms in total. The van der Waals surface area contributed by atoms with Gasteiger partial charge in [-0.25, -0.2) is 13.1 Å². The van der Waals surface area contributed by atoms with Crippen molar-refractivity contribution in [3.05, 3.63) is 64.7 Å². The third kappa shape index (κ3) is 5.41. The number of nitrogens with one attached hydrogen (secondary N) is 1. The van der Waals surface area contributed by atoms with Gasteiger partial charge in [-0.15, -0.1) is 0 Å². The fraction of sp³-hybridized carbons (Fsp3) is 0.350. The zero-order chi connectivity index (χ0) is 19.3. The predicted octanol–water partition coefficient (Wildman–Crippen LogP) is 2.94. The van der Waals surface area contributed by atoms with Gasteiger partial charge in [0.15, 0.2) is 0 Å². The molecule has 6 heteroatoms. The Balaban J connectivity index is 2.02. The Kier molecular flexibility index (Phi) is 6.56. The van der Waals surface area contributed by atoms with Crippen molar-refractivity contribution in [2.24, 2.45) is 0 Å². The second kappa shape index (κ2) is 8.47. The number of rotatable bonds is 7. The number of carbonyl (C=O) groups excluding carboxylic acids is 1. The van der Waals surface area contributed by atoms with E-state index in [-0.39, 0.29) is 17.3 Å². The van der Waals surface area contributed by atoms with Gasteiger partial charge in [-0.2, -0.15) is 0 Å². The van der Waals surface area contributed by atoms with Crippen molar-refractivity contribution in [3.8, 4) is 0 Å². The van der Waals surface area contributed by atoms with E-state index < -0.39 is 10.0 Å². The van der Waals surface area contributed by atoms with E-state index in [1.165, 1.54) is 6.92 Å². The maximum atomic E-state index is 12.5. The van der Waals surface area contributed by atoms with Crippen LogP contribution in [-0.2, 0) is 21.4 Å². The number of amides is 1. The van der Waals surface area contributed by atoms with Crippen molar-refractivity contribution in [1.82, 2.24) is 9.62 Å². The number of sulfonamides is 1. The number of benzene rings is 2. The minimum absolute atomic E-state index is 0.0859. The molecule has 0 fully saturated rings. The van der Waals surface area contributed by atoms with Gasteiger partial charge in [-0.05, 0) is 38.0 Å². The van der Waals surface area contributed by atoms with E-state index in [2.05, 4.69) is 4.72 Å². The summed E-state index contributed by atoms with van der Waals surface area (Å²) in [5, 5.41) is 0. The van der Waals surface area contributed by atoms with Gasteiger partial charge in [0, 0.05) is 26.6 Å². The fourth-order valence-corrected chi connectivity index (χ4v) is 4.12. The van der Waals surface area contributed by atoms with Crippen molar-refractivity contribution < 1.29 is 13.2 Å². The summed E-state index contributed by atoms with van der Waals surface area (Å²) in [6.45, 7) is 8.14. The van der Waals surface area contributed by atoms with Crippen LogP contribution in [-0.4, -0.2) is 32.3 Å². The van der Waals surface area contributed by atoms with Gasteiger partial charge in [0.2, 0.25) is 15.9 Å². The Bertz CT molecular complexity index is 892. The lowest BCUT2D eigenvalue weighted by Gasteiger charge is -2.22. The first kappa shape index (κ1) is 20.1. The van der Waals surface area contributed by atoms with Crippen LogP contribution in [0.15, 0.2) is 47.4 Å². The molecule has 0 bridgehead atoms. The molecule has 0 unspecified atom stereocenters. The van der Waals surface area contributed by atoms with Crippen molar-refractivity contribution in [1.29, 1.82) is 0 Å². The summed E-state index contributed by atoms with van der Waals surface area (Å²) in [6, 6.07) is 13.2. The molecule has 1 N–H and O–H groups in total. The molecule has 0 aromatic heterocycles. The topological polar surface area (TPSA) is 66.5 Å². The van der Waals surface area contributed by atoms with Gasteiger partial charge in [-0.1, -0.05) is 47.5 Å². The van der Waals surface area contributed by atoms with E-state index >= 15 is 0 Å². The lowest BCUT2D eigenvalue weighted by Crippen LogP contribution is -2.37. The van der Waals surface area contributed by atoms with Crippen molar-refractivity contribution in [2.75, 3.05) is 13.1 Å². The first-order chi connectivity index (χ1) is 12.2. The molecular formula is C20H26N2O3S. The van der Waals surface area contributed by atoms with Gasteiger partial charge in [0.25, 0.3) is 0 Å². The van der Waals surface area contributed by atoms with E-state index in [0.29, 0.717) is 18.7 Å². The number of nitrogens with zero attached hydrogens (tertiary/aromatic N) is 1. The number of hydrogen-bond acceptors (Lipinski definition) is 3. The molecule has 26 heavy (non-hydrogen) atoms. The SMILES string of the molecule is CC(=O)N(CCNS(=O)(=O)c1ccc(C)cc1C)Cc1cccc(C)c1. The Hall–Kier alpha value is -2.18. The molecule has 2 aromatic rings. The predicted molar refractivity (Wildman–Crippen MR) is 103 cm³/mol. The molecule has 1 amide bonds. The molecule has 140 valence electrons. The minimum atomic E-state index is -3.60. The van der Waals surface area contributed by atoms with E-state index in [4.69, 9.17) is 0 Å². The molecule has 0 aliphatic rings. The van der Waals surface area contributed by atoms with Crippen LogP contribution >= 0.6 is 0 Å². The van der Waals surface area contributed by atoms with E-state index in [0.717, 1.165) is 16.7 Å². The molecule has 0 saturated heterocycles. The van der Waals surface area contributed by atoms with Crippen LogP contribution in [0.4, 0.5) is 0 Å². The second-order valence-electron chi connectivity index (χ2n) is 6.60. The highest BCUT2D eigenvalue weighted by Crippen LogP contribution is 2.16. The molecule has 2 aromatic carbocycles. The molecule has 0 radical (unpaired) electrons. The lowest BCUT2D eigenvalue weighted by molar-refractivity contribution is -0.129. The van der Waals surface area contributed by atoms with Crippen molar-refractivity contribution in [3.63, 3.8) is 0 Å². The molecule has 0 spiro atoms. The van der Waals surface area contributed by atoms with Crippen molar-refractivity contribution >= 4 is 15.9 Å². The third-order valence-electron chi connectivity index (χ3n) is 4.19. The Morgan fingerprint density at radius 1 is 1.04 bits per heavy atom. The Morgan fingerprint density at radius 3 is 2.35 bits per heavy atom. The van der Waals surface area contributed by atoms with E-state index in [1.807, 2.05) is 44.2 Å². The number of aryl methyl sites for hydroxylation is 3. The smallest absolute Gasteiger partial charge is 0.240 e. The quantitative estimate of drug-likeness (QED) is 0.810. The zero-order valence-electron chi connectivity index (χ0n) is 15.7. The van der Waals surface area contributed by atoms with E-state index in [9.17, 15) is 13.2 Å². The van der Waals surface area contributed by atoms with Crippen LogP contribution < -0.4 is 4.72 Å². The molecule has 0 atom stereocenters. The Labute approximate surface area is 156 Å². The van der Waals surface area contributed by atoms with Gasteiger partial charge in [0.05, 0.1) is 4.90 Å². The molecule has 0 saturated carbocycles.